The number of rotatable bonds is 4. The first-order valence-corrected chi connectivity index (χ1v) is 8.57. The number of nitrogens with two attached hydrogens (primary N) is 1. The zero-order chi connectivity index (χ0) is 14.3. The predicted octanol–water partition coefficient (Wildman–Crippen LogP) is 1.20. The largest absolute Gasteiger partial charge is 0.380 e. The summed E-state index contributed by atoms with van der Waals surface area (Å²) in [7, 11) is -7.70. The Bertz CT molecular complexity index is 747. The molecule has 1 aromatic rings. The average Bonchev–Trinajstić information content (AvgIpc) is 2.49. The van der Waals surface area contributed by atoms with Crippen molar-refractivity contribution in [1.82, 2.24) is 0 Å². The molecule has 0 bridgehead atoms. The van der Waals surface area contributed by atoms with E-state index in [0.717, 1.165) is 12.0 Å². The third-order valence-electron chi connectivity index (χ3n) is 2.63. The third-order valence-corrected chi connectivity index (χ3v) is 4.61. The molecule has 6 nitrogen and oxygen atoms in total. The van der Waals surface area contributed by atoms with Gasteiger partial charge < -0.3 is 4.18 Å². The minimum absolute atomic E-state index is 0.0529. The van der Waals surface area contributed by atoms with Crippen molar-refractivity contribution in [2.75, 3.05) is 0 Å². The molecule has 0 spiro atoms. The fourth-order valence-electron chi connectivity index (χ4n) is 1.97. The van der Waals surface area contributed by atoms with Crippen LogP contribution in [0.25, 0.3) is 5.57 Å². The first-order valence-electron chi connectivity index (χ1n) is 5.55. The Labute approximate surface area is 112 Å². The summed E-state index contributed by atoms with van der Waals surface area (Å²) in [6.07, 6.45) is 1.46. The van der Waals surface area contributed by atoms with Gasteiger partial charge in [-0.25, -0.2) is 8.42 Å². The lowest BCUT2D eigenvalue weighted by Gasteiger charge is -2.06. The van der Waals surface area contributed by atoms with E-state index in [4.69, 9.17) is 5.14 Å². The summed E-state index contributed by atoms with van der Waals surface area (Å²) >= 11 is 0. The molecule has 2 N–H and O–H groups in total. The van der Waals surface area contributed by atoms with Crippen LogP contribution in [0.5, 0.6) is 5.75 Å². The van der Waals surface area contributed by atoms with Gasteiger partial charge in [-0.3, -0.25) is 0 Å². The zero-order valence-corrected chi connectivity index (χ0v) is 11.8. The van der Waals surface area contributed by atoms with E-state index in [2.05, 4.69) is 4.18 Å². The molecule has 0 saturated heterocycles. The third kappa shape index (κ3) is 2.96. The lowest BCUT2D eigenvalue weighted by molar-refractivity contribution is 0.486. The first-order chi connectivity index (χ1) is 8.73. The van der Waals surface area contributed by atoms with E-state index in [9.17, 15) is 16.8 Å². The van der Waals surface area contributed by atoms with Gasteiger partial charge >= 0.3 is 10.3 Å². The standard InChI is InChI=1S/C11H13NO5S2/c1-2-3-8-7-18(13,14)11-6-9(4-5-10(8)11)17-19(12,15)16/h4-7H,2-3H2,1H3,(H2,12,15,16). The number of benzene rings is 1. The Morgan fingerprint density at radius 1 is 1.32 bits per heavy atom. The van der Waals surface area contributed by atoms with E-state index >= 15 is 0 Å². The fraction of sp³-hybridized carbons (Fsp3) is 0.273. The van der Waals surface area contributed by atoms with Crippen molar-refractivity contribution >= 4 is 25.7 Å². The maximum absolute atomic E-state index is 11.9. The smallest absolute Gasteiger partial charge is 0.371 e. The Kier molecular flexibility index (Phi) is 3.41. The van der Waals surface area contributed by atoms with Gasteiger partial charge in [-0.05, 0) is 29.7 Å². The maximum atomic E-state index is 11.9. The number of hydrogen-bond acceptors (Lipinski definition) is 5. The van der Waals surface area contributed by atoms with Crippen molar-refractivity contribution in [3.63, 3.8) is 0 Å². The summed E-state index contributed by atoms with van der Waals surface area (Å²) in [4.78, 5) is 0.0529. The van der Waals surface area contributed by atoms with Crippen LogP contribution in [-0.2, 0) is 20.1 Å². The van der Waals surface area contributed by atoms with Crippen molar-refractivity contribution < 1.29 is 21.0 Å². The van der Waals surface area contributed by atoms with E-state index in [1.807, 2.05) is 6.92 Å². The molecule has 2 rings (SSSR count). The number of fused-ring (bicyclic) bond motifs is 1. The van der Waals surface area contributed by atoms with E-state index < -0.39 is 20.1 Å². The molecule has 1 heterocycles. The molecule has 19 heavy (non-hydrogen) atoms. The van der Waals surface area contributed by atoms with Crippen LogP contribution in [0.1, 0.15) is 25.3 Å². The van der Waals surface area contributed by atoms with Crippen LogP contribution in [-0.4, -0.2) is 16.8 Å². The van der Waals surface area contributed by atoms with E-state index in [1.54, 1.807) is 0 Å². The molecule has 0 aromatic heterocycles. The minimum atomic E-state index is -4.17. The molecular weight excluding hydrogens is 290 g/mol. The Morgan fingerprint density at radius 3 is 2.58 bits per heavy atom. The minimum Gasteiger partial charge on any atom is -0.371 e. The number of allylic oxidation sites excluding steroid dienone is 1. The summed E-state index contributed by atoms with van der Waals surface area (Å²) in [5, 5.41) is 5.95. The lowest BCUT2D eigenvalue weighted by atomic mass is 10.0. The molecule has 1 aliphatic heterocycles. The van der Waals surface area contributed by atoms with Crippen LogP contribution in [0.2, 0.25) is 0 Å². The van der Waals surface area contributed by atoms with E-state index in [-0.39, 0.29) is 10.6 Å². The Balaban J connectivity index is 2.49. The summed E-state index contributed by atoms with van der Waals surface area (Å²) in [5.41, 5.74) is 1.31. The summed E-state index contributed by atoms with van der Waals surface area (Å²) < 4.78 is 50.0. The van der Waals surface area contributed by atoms with Crippen LogP contribution in [0.3, 0.4) is 0 Å². The van der Waals surface area contributed by atoms with Crippen molar-refractivity contribution in [2.45, 2.75) is 24.7 Å². The quantitative estimate of drug-likeness (QED) is 0.900. The second-order valence-corrected chi connectivity index (χ2v) is 7.09. The Morgan fingerprint density at radius 2 is 2.00 bits per heavy atom. The maximum Gasteiger partial charge on any atom is 0.380 e. The van der Waals surface area contributed by atoms with Gasteiger partial charge in [0.25, 0.3) is 0 Å². The van der Waals surface area contributed by atoms with Gasteiger partial charge in [-0.1, -0.05) is 13.3 Å². The van der Waals surface area contributed by atoms with Gasteiger partial charge in [-0.15, -0.1) is 0 Å². The SMILES string of the molecule is CCCC1=CS(=O)(=O)c2cc(OS(N)(=O)=O)ccc21. The molecule has 1 aromatic carbocycles. The van der Waals surface area contributed by atoms with Crippen molar-refractivity contribution in [3.8, 4) is 5.75 Å². The molecule has 1 aliphatic rings. The molecule has 0 fully saturated rings. The highest BCUT2D eigenvalue weighted by molar-refractivity contribution is 7.95. The monoisotopic (exact) mass is 303 g/mol. The molecule has 0 radical (unpaired) electrons. The van der Waals surface area contributed by atoms with Gasteiger partial charge in [-0.2, -0.15) is 13.6 Å². The van der Waals surface area contributed by atoms with Crippen LogP contribution in [0.15, 0.2) is 28.5 Å². The van der Waals surface area contributed by atoms with Gasteiger partial charge in [0.05, 0.1) is 4.90 Å². The van der Waals surface area contributed by atoms with Crippen molar-refractivity contribution in [1.29, 1.82) is 0 Å². The van der Waals surface area contributed by atoms with Gasteiger partial charge in [0.15, 0.2) is 0 Å². The van der Waals surface area contributed by atoms with E-state index in [1.165, 1.54) is 23.6 Å². The second kappa shape index (κ2) is 4.62. The number of hydrogen-bond donors (Lipinski definition) is 1. The molecule has 0 unspecified atom stereocenters. The summed E-state index contributed by atoms with van der Waals surface area (Å²) in [6, 6.07) is 4.09. The molecule has 8 heteroatoms. The fourth-order valence-corrected chi connectivity index (χ4v) is 3.87. The number of sulfone groups is 1. The van der Waals surface area contributed by atoms with Crippen molar-refractivity contribution in [3.05, 3.63) is 29.2 Å². The second-order valence-electron chi connectivity index (χ2n) is 4.17. The van der Waals surface area contributed by atoms with Gasteiger partial charge in [0, 0.05) is 11.5 Å². The lowest BCUT2D eigenvalue weighted by Crippen LogP contribution is -2.19. The first kappa shape index (κ1) is 14.0. The topological polar surface area (TPSA) is 104 Å². The highest BCUT2D eigenvalue weighted by Crippen LogP contribution is 2.37. The molecule has 0 amide bonds. The van der Waals surface area contributed by atoms with Crippen molar-refractivity contribution in [2.24, 2.45) is 5.14 Å². The molecule has 104 valence electrons. The molecule has 0 saturated carbocycles. The highest BCUT2D eigenvalue weighted by atomic mass is 32.2. The van der Waals surface area contributed by atoms with Crippen LogP contribution in [0.4, 0.5) is 0 Å². The van der Waals surface area contributed by atoms with Crippen LogP contribution < -0.4 is 9.32 Å². The summed E-state index contributed by atoms with van der Waals surface area (Å²) in [6.45, 7) is 1.95. The normalized spacial score (nSPS) is 16.8. The Hall–Kier alpha value is -1.38. The van der Waals surface area contributed by atoms with Crippen LogP contribution in [0, 0.1) is 0 Å². The zero-order valence-electron chi connectivity index (χ0n) is 10.2. The highest BCUT2D eigenvalue weighted by Gasteiger charge is 2.27. The predicted molar refractivity (Wildman–Crippen MR) is 70.2 cm³/mol. The van der Waals surface area contributed by atoms with Gasteiger partial charge in [0.1, 0.15) is 5.75 Å². The van der Waals surface area contributed by atoms with Crippen LogP contribution >= 0.6 is 0 Å². The average molecular weight is 303 g/mol. The van der Waals surface area contributed by atoms with E-state index in [0.29, 0.717) is 12.0 Å². The molecule has 0 atom stereocenters. The summed E-state index contributed by atoms with van der Waals surface area (Å²) in [5.74, 6) is -0.115. The molecular formula is C11H13NO5S2. The van der Waals surface area contributed by atoms with Gasteiger partial charge in [0.2, 0.25) is 9.84 Å². The molecule has 0 aliphatic carbocycles.